The molecule has 2 saturated carbocycles. The Hall–Kier alpha value is -2.27. The summed E-state index contributed by atoms with van der Waals surface area (Å²) in [5, 5.41) is 4.65. The van der Waals surface area contributed by atoms with E-state index in [1.165, 1.54) is 6.20 Å². The number of nitrogen functional groups attached to an aromatic ring is 1. The average molecular weight is 499 g/mol. The lowest BCUT2D eigenvalue weighted by Gasteiger charge is -2.38. The van der Waals surface area contributed by atoms with Crippen LogP contribution in [0.5, 0.6) is 0 Å². The van der Waals surface area contributed by atoms with E-state index in [0.717, 1.165) is 37.7 Å². The van der Waals surface area contributed by atoms with Gasteiger partial charge in [0.15, 0.2) is 0 Å². The van der Waals surface area contributed by atoms with Crippen LogP contribution in [0.4, 0.5) is 27.8 Å². The van der Waals surface area contributed by atoms with E-state index in [0.29, 0.717) is 48.1 Å². The van der Waals surface area contributed by atoms with Crippen LogP contribution in [0, 0.1) is 11.8 Å². The predicted molar refractivity (Wildman–Crippen MR) is 122 cm³/mol. The van der Waals surface area contributed by atoms with Crippen molar-refractivity contribution in [1.82, 2.24) is 24.6 Å². The van der Waals surface area contributed by atoms with Gasteiger partial charge in [0.1, 0.15) is 5.82 Å². The van der Waals surface area contributed by atoms with Gasteiger partial charge in [-0.1, -0.05) is 0 Å². The first-order valence-electron chi connectivity index (χ1n) is 12.2. The quantitative estimate of drug-likeness (QED) is 0.595. The van der Waals surface area contributed by atoms with E-state index in [2.05, 4.69) is 15.0 Å². The maximum atomic E-state index is 13.3. The molecule has 0 spiro atoms. The minimum Gasteiger partial charge on any atom is -0.383 e. The number of fused-ring (bicyclic) bond motifs is 1. The third-order valence-corrected chi connectivity index (χ3v) is 7.85. The molecule has 3 heterocycles. The lowest BCUT2D eigenvalue weighted by atomic mass is 10.0. The number of hydrogen-bond acceptors (Lipinski definition) is 5. The summed E-state index contributed by atoms with van der Waals surface area (Å²) in [6.07, 6.45) is -3.40. The van der Waals surface area contributed by atoms with E-state index >= 15 is 0 Å². The predicted octanol–water partition coefficient (Wildman–Crippen LogP) is 4.50. The molecule has 2 aliphatic carbocycles. The maximum Gasteiger partial charge on any atom is 0.419 e. The molecule has 35 heavy (non-hydrogen) atoms. The van der Waals surface area contributed by atoms with Crippen molar-refractivity contribution in [1.29, 1.82) is 0 Å². The molecule has 0 unspecified atom stereocenters. The molecule has 3 fully saturated rings. The molecule has 192 valence electrons. The van der Waals surface area contributed by atoms with E-state index in [4.69, 9.17) is 5.73 Å². The number of aromatic nitrogens is 3. The third-order valence-electron chi connectivity index (χ3n) is 7.85. The minimum absolute atomic E-state index is 0.0719. The monoisotopic (exact) mass is 498 g/mol. The molecule has 0 aromatic carbocycles. The fourth-order valence-corrected chi connectivity index (χ4v) is 6.11. The SMILES string of the molecule is CC(C)n1nc(-c2cnc(N)c(C(F)(F)F)c2)cc1[C@H]1[C@@H]2C[C@H](N3CCN(CC(F)F)CC3)C[C@@H]21. The van der Waals surface area contributed by atoms with E-state index in [1.54, 1.807) is 0 Å². The van der Waals surface area contributed by atoms with Gasteiger partial charge in [0, 0.05) is 61.6 Å². The van der Waals surface area contributed by atoms with Crippen molar-refractivity contribution in [3.8, 4) is 11.3 Å². The van der Waals surface area contributed by atoms with Gasteiger partial charge in [-0.15, -0.1) is 0 Å². The normalized spacial score (nSPS) is 27.7. The lowest BCUT2D eigenvalue weighted by molar-refractivity contribution is -0.137. The zero-order valence-corrected chi connectivity index (χ0v) is 19.8. The number of pyridine rings is 1. The number of alkyl halides is 5. The second kappa shape index (κ2) is 8.99. The van der Waals surface area contributed by atoms with E-state index in [9.17, 15) is 22.0 Å². The van der Waals surface area contributed by atoms with Crippen LogP contribution in [0.2, 0.25) is 0 Å². The molecule has 5 rings (SSSR count). The van der Waals surface area contributed by atoms with Crippen molar-refractivity contribution in [2.24, 2.45) is 11.8 Å². The number of nitrogens with two attached hydrogens (primary N) is 1. The number of halogens is 5. The molecular formula is C24H31F5N6. The Balaban J connectivity index is 1.28. The summed E-state index contributed by atoms with van der Waals surface area (Å²) in [4.78, 5) is 8.04. The van der Waals surface area contributed by atoms with Crippen molar-refractivity contribution in [2.75, 3.05) is 38.5 Å². The highest BCUT2D eigenvalue weighted by atomic mass is 19.4. The zero-order valence-electron chi connectivity index (χ0n) is 19.8. The summed E-state index contributed by atoms with van der Waals surface area (Å²) in [5.74, 6) is 0.856. The van der Waals surface area contributed by atoms with Crippen molar-refractivity contribution in [2.45, 2.75) is 57.3 Å². The zero-order chi connectivity index (χ0) is 25.1. The molecule has 2 aromatic heterocycles. The second-order valence-electron chi connectivity index (χ2n) is 10.4. The van der Waals surface area contributed by atoms with Crippen LogP contribution in [0.15, 0.2) is 18.3 Å². The molecule has 11 heteroatoms. The van der Waals surface area contributed by atoms with Crippen molar-refractivity contribution in [3.05, 3.63) is 29.6 Å². The molecule has 6 nitrogen and oxygen atoms in total. The first kappa shape index (κ1) is 24.4. The number of piperazine rings is 1. The topological polar surface area (TPSA) is 63.2 Å². The highest BCUT2D eigenvalue weighted by Crippen LogP contribution is 2.64. The van der Waals surface area contributed by atoms with Gasteiger partial charge in [-0.25, -0.2) is 13.8 Å². The van der Waals surface area contributed by atoms with Crippen LogP contribution < -0.4 is 5.73 Å². The van der Waals surface area contributed by atoms with Gasteiger partial charge in [-0.05, 0) is 50.7 Å². The van der Waals surface area contributed by atoms with Crippen molar-refractivity contribution >= 4 is 5.82 Å². The summed E-state index contributed by atoms with van der Waals surface area (Å²) in [5.41, 5.74) is 6.36. The number of nitrogens with zero attached hydrogens (tertiary/aromatic N) is 5. The van der Waals surface area contributed by atoms with Crippen molar-refractivity contribution < 1.29 is 22.0 Å². The first-order chi connectivity index (χ1) is 16.5. The van der Waals surface area contributed by atoms with Gasteiger partial charge in [-0.2, -0.15) is 18.3 Å². The van der Waals surface area contributed by atoms with Crippen LogP contribution in [0.1, 0.15) is 49.9 Å². The van der Waals surface area contributed by atoms with E-state index < -0.39 is 24.0 Å². The minimum atomic E-state index is -4.58. The Bertz CT molecular complexity index is 1050. The maximum absolute atomic E-state index is 13.3. The first-order valence-corrected chi connectivity index (χ1v) is 12.2. The fourth-order valence-electron chi connectivity index (χ4n) is 6.11. The Labute approximate surface area is 201 Å². The summed E-state index contributed by atoms with van der Waals surface area (Å²) < 4.78 is 67.2. The smallest absolute Gasteiger partial charge is 0.383 e. The molecule has 3 aliphatic rings. The molecule has 1 saturated heterocycles. The molecular weight excluding hydrogens is 467 g/mol. The van der Waals surface area contributed by atoms with Gasteiger partial charge < -0.3 is 5.73 Å². The third kappa shape index (κ3) is 4.76. The number of hydrogen-bond donors (Lipinski definition) is 1. The number of anilines is 1. The highest BCUT2D eigenvalue weighted by molar-refractivity contribution is 5.63. The van der Waals surface area contributed by atoms with Gasteiger partial charge in [0.05, 0.1) is 17.8 Å². The van der Waals surface area contributed by atoms with Gasteiger partial charge in [-0.3, -0.25) is 14.5 Å². The van der Waals surface area contributed by atoms with Gasteiger partial charge in [0.25, 0.3) is 6.43 Å². The number of rotatable bonds is 6. The Morgan fingerprint density at radius 2 is 1.71 bits per heavy atom. The van der Waals surface area contributed by atoms with Crippen LogP contribution in [0.25, 0.3) is 11.3 Å². The van der Waals surface area contributed by atoms with E-state index in [1.807, 2.05) is 29.5 Å². The van der Waals surface area contributed by atoms with Gasteiger partial charge >= 0.3 is 6.18 Å². The molecule has 1 aliphatic heterocycles. The van der Waals surface area contributed by atoms with Crippen molar-refractivity contribution in [3.63, 3.8) is 0 Å². The summed E-state index contributed by atoms with van der Waals surface area (Å²) >= 11 is 0. The molecule has 0 amide bonds. The molecule has 2 N–H and O–H groups in total. The summed E-state index contributed by atoms with van der Waals surface area (Å²) in [6, 6.07) is 3.48. The lowest BCUT2D eigenvalue weighted by Crippen LogP contribution is -2.51. The highest BCUT2D eigenvalue weighted by Gasteiger charge is 2.58. The van der Waals surface area contributed by atoms with Gasteiger partial charge in [0.2, 0.25) is 0 Å². The Morgan fingerprint density at radius 3 is 2.29 bits per heavy atom. The average Bonchev–Trinajstić information content (AvgIpc) is 3.13. The van der Waals surface area contributed by atoms with Crippen LogP contribution in [0.3, 0.4) is 0 Å². The summed E-state index contributed by atoms with van der Waals surface area (Å²) in [7, 11) is 0. The van der Waals surface area contributed by atoms with E-state index in [-0.39, 0.29) is 12.6 Å². The van der Waals surface area contributed by atoms with Crippen LogP contribution in [-0.4, -0.2) is 69.8 Å². The largest absolute Gasteiger partial charge is 0.419 e. The Kier molecular flexibility index (Phi) is 6.27. The summed E-state index contributed by atoms with van der Waals surface area (Å²) in [6.45, 7) is 6.88. The van der Waals surface area contributed by atoms with Crippen LogP contribution >= 0.6 is 0 Å². The molecule has 0 bridgehead atoms. The fraction of sp³-hybridized carbons (Fsp3) is 0.667. The second-order valence-corrected chi connectivity index (χ2v) is 10.4. The standard InChI is InChI=1S/C24H31F5N6/c1-13(2)35-20(10-19(32-35)14-7-18(24(27,28)29)23(30)31-11-14)22-16-8-15(9-17(16)22)34-5-3-33(4-6-34)12-21(25)26/h7,10-11,13,15-17,21-22H,3-6,8-9,12H2,1-2H3,(H2,30,31)/t15-,16+,17-,22-. The van der Waals surface area contributed by atoms with Crippen LogP contribution in [-0.2, 0) is 6.18 Å². The molecule has 2 aromatic rings. The molecule has 4 atom stereocenters. The molecule has 0 radical (unpaired) electrons. The Morgan fingerprint density at radius 1 is 1.06 bits per heavy atom.